The van der Waals surface area contributed by atoms with Crippen molar-refractivity contribution in [3.63, 3.8) is 0 Å². The second kappa shape index (κ2) is 10.5. The van der Waals surface area contributed by atoms with E-state index in [1.807, 2.05) is 58.0 Å². The van der Waals surface area contributed by atoms with E-state index in [0.29, 0.717) is 48.9 Å². The predicted molar refractivity (Wildman–Crippen MR) is 128 cm³/mol. The van der Waals surface area contributed by atoms with Gasteiger partial charge in [0.05, 0.1) is 24.8 Å². The first-order chi connectivity index (χ1) is 15.8. The van der Waals surface area contributed by atoms with E-state index >= 15 is 0 Å². The SMILES string of the molecule is CCOc1ccc([C@H]2C(=C(O)c3ccc(C)cc3)C(=O)C(=O)N2CCN(C)C)cc1OCC. The van der Waals surface area contributed by atoms with E-state index in [0.717, 1.165) is 5.56 Å². The number of ether oxygens (including phenoxy) is 2. The van der Waals surface area contributed by atoms with Crippen molar-refractivity contribution in [2.24, 2.45) is 0 Å². The first-order valence-corrected chi connectivity index (χ1v) is 11.2. The quantitative estimate of drug-likeness (QED) is 0.354. The van der Waals surface area contributed by atoms with Crippen LogP contribution in [-0.2, 0) is 9.59 Å². The van der Waals surface area contributed by atoms with Crippen LogP contribution in [0.4, 0.5) is 0 Å². The van der Waals surface area contributed by atoms with Gasteiger partial charge in [-0.1, -0.05) is 35.9 Å². The minimum atomic E-state index is -0.735. The van der Waals surface area contributed by atoms with Gasteiger partial charge in [-0.15, -0.1) is 0 Å². The number of rotatable bonds is 9. The molecule has 1 aliphatic rings. The van der Waals surface area contributed by atoms with Crippen molar-refractivity contribution in [3.8, 4) is 11.5 Å². The topological polar surface area (TPSA) is 79.3 Å². The van der Waals surface area contributed by atoms with Gasteiger partial charge in [-0.2, -0.15) is 0 Å². The number of carbonyl (C=O) groups is 2. The number of ketones is 1. The molecule has 7 heteroatoms. The van der Waals surface area contributed by atoms with Crippen molar-refractivity contribution >= 4 is 17.4 Å². The second-order valence-corrected chi connectivity index (χ2v) is 8.23. The molecule has 0 aromatic heterocycles. The van der Waals surface area contributed by atoms with Crippen molar-refractivity contribution in [1.82, 2.24) is 9.80 Å². The maximum absolute atomic E-state index is 13.1. The minimum Gasteiger partial charge on any atom is -0.507 e. The van der Waals surface area contributed by atoms with Crippen LogP contribution in [0.25, 0.3) is 5.76 Å². The fourth-order valence-electron chi connectivity index (χ4n) is 3.87. The smallest absolute Gasteiger partial charge is 0.295 e. The molecular weight excluding hydrogens is 420 g/mol. The zero-order valence-electron chi connectivity index (χ0n) is 19.9. The molecule has 0 unspecified atom stereocenters. The number of carbonyl (C=O) groups excluding carboxylic acids is 2. The lowest BCUT2D eigenvalue weighted by molar-refractivity contribution is -0.140. The summed E-state index contributed by atoms with van der Waals surface area (Å²) in [5.74, 6) is -0.374. The Morgan fingerprint density at radius 1 is 1.00 bits per heavy atom. The van der Waals surface area contributed by atoms with Crippen LogP contribution < -0.4 is 9.47 Å². The third kappa shape index (κ3) is 5.20. The van der Waals surface area contributed by atoms with Crippen LogP contribution in [-0.4, -0.2) is 67.0 Å². The number of Topliss-reactive ketones (excluding diaryl/α,β-unsaturated/α-hetero) is 1. The average Bonchev–Trinajstić information content (AvgIpc) is 3.04. The van der Waals surface area contributed by atoms with E-state index in [1.54, 1.807) is 24.3 Å². The molecule has 0 spiro atoms. The number of aliphatic hydroxyl groups excluding tert-OH is 1. The number of nitrogens with zero attached hydrogens (tertiary/aromatic N) is 2. The van der Waals surface area contributed by atoms with Gasteiger partial charge in [0.1, 0.15) is 5.76 Å². The Labute approximate surface area is 195 Å². The number of aryl methyl sites for hydroxylation is 1. The maximum atomic E-state index is 13.1. The van der Waals surface area contributed by atoms with Crippen LogP contribution in [0.2, 0.25) is 0 Å². The maximum Gasteiger partial charge on any atom is 0.295 e. The highest BCUT2D eigenvalue weighted by Gasteiger charge is 2.46. The highest BCUT2D eigenvalue weighted by atomic mass is 16.5. The number of benzene rings is 2. The van der Waals surface area contributed by atoms with Crippen molar-refractivity contribution in [2.45, 2.75) is 26.8 Å². The summed E-state index contributed by atoms with van der Waals surface area (Å²) in [5.41, 5.74) is 2.28. The molecule has 1 saturated heterocycles. The Morgan fingerprint density at radius 2 is 1.64 bits per heavy atom. The number of aliphatic hydroxyl groups is 1. The molecule has 2 aromatic carbocycles. The molecule has 0 bridgehead atoms. The molecule has 2 aromatic rings. The highest BCUT2D eigenvalue weighted by Crippen LogP contribution is 2.42. The van der Waals surface area contributed by atoms with Gasteiger partial charge < -0.3 is 24.4 Å². The van der Waals surface area contributed by atoms with Crippen molar-refractivity contribution in [3.05, 3.63) is 64.7 Å². The summed E-state index contributed by atoms with van der Waals surface area (Å²) in [5, 5.41) is 11.2. The van der Waals surface area contributed by atoms with Crippen LogP contribution >= 0.6 is 0 Å². The lowest BCUT2D eigenvalue weighted by atomic mass is 9.94. The number of likely N-dealkylation sites (N-methyl/N-ethyl adjacent to an activating group) is 1. The molecule has 0 saturated carbocycles. The Hall–Kier alpha value is -3.32. The third-order valence-corrected chi connectivity index (χ3v) is 5.54. The zero-order chi connectivity index (χ0) is 24.1. The fraction of sp³-hybridized carbons (Fsp3) is 0.385. The lowest BCUT2D eigenvalue weighted by Crippen LogP contribution is -2.35. The van der Waals surface area contributed by atoms with Crippen LogP contribution in [0, 0.1) is 6.92 Å². The largest absolute Gasteiger partial charge is 0.507 e. The van der Waals surface area contributed by atoms with Gasteiger partial charge in [0.25, 0.3) is 11.7 Å². The molecule has 33 heavy (non-hydrogen) atoms. The van der Waals surface area contributed by atoms with E-state index < -0.39 is 17.7 Å². The monoisotopic (exact) mass is 452 g/mol. The predicted octanol–water partition coefficient (Wildman–Crippen LogP) is 3.78. The summed E-state index contributed by atoms with van der Waals surface area (Å²) in [6.07, 6.45) is 0. The highest BCUT2D eigenvalue weighted by molar-refractivity contribution is 6.46. The Balaban J connectivity index is 2.17. The second-order valence-electron chi connectivity index (χ2n) is 8.23. The lowest BCUT2D eigenvalue weighted by Gasteiger charge is -2.27. The van der Waals surface area contributed by atoms with Gasteiger partial charge in [0.2, 0.25) is 0 Å². The number of hydrogen-bond acceptors (Lipinski definition) is 6. The van der Waals surface area contributed by atoms with Crippen molar-refractivity contribution in [1.29, 1.82) is 0 Å². The van der Waals surface area contributed by atoms with E-state index in [-0.39, 0.29) is 11.3 Å². The van der Waals surface area contributed by atoms with E-state index in [2.05, 4.69) is 0 Å². The molecule has 3 rings (SSSR count). The first kappa shape index (κ1) is 24.3. The molecule has 1 N–H and O–H groups in total. The Kier molecular flexibility index (Phi) is 7.76. The van der Waals surface area contributed by atoms with Crippen LogP contribution in [0.15, 0.2) is 48.0 Å². The normalized spacial score (nSPS) is 17.6. The van der Waals surface area contributed by atoms with Crippen molar-refractivity contribution < 1.29 is 24.2 Å². The Bertz CT molecular complexity index is 1040. The van der Waals surface area contributed by atoms with Crippen LogP contribution in [0.3, 0.4) is 0 Å². The third-order valence-electron chi connectivity index (χ3n) is 5.54. The summed E-state index contributed by atoms with van der Waals surface area (Å²) in [7, 11) is 3.81. The van der Waals surface area contributed by atoms with Gasteiger partial charge in [-0.05, 0) is 52.6 Å². The van der Waals surface area contributed by atoms with Gasteiger partial charge in [-0.25, -0.2) is 0 Å². The summed E-state index contributed by atoms with van der Waals surface area (Å²) in [6, 6.07) is 11.9. The molecule has 1 aliphatic heterocycles. The van der Waals surface area contributed by atoms with Crippen LogP contribution in [0.5, 0.6) is 11.5 Å². The molecule has 1 heterocycles. The van der Waals surface area contributed by atoms with Crippen molar-refractivity contribution in [2.75, 3.05) is 40.4 Å². The van der Waals surface area contributed by atoms with Gasteiger partial charge in [0.15, 0.2) is 11.5 Å². The number of likely N-dealkylation sites (tertiary alicyclic amines) is 1. The Morgan fingerprint density at radius 3 is 2.24 bits per heavy atom. The molecule has 0 aliphatic carbocycles. The summed E-state index contributed by atoms with van der Waals surface area (Å²) >= 11 is 0. The number of hydrogen-bond donors (Lipinski definition) is 1. The van der Waals surface area contributed by atoms with Gasteiger partial charge >= 0.3 is 0 Å². The standard InChI is InChI=1S/C26H32N2O5/c1-6-32-20-13-12-19(16-21(20)33-7-2)23-22(24(29)18-10-8-17(3)9-11-18)25(30)26(31)28(23)15-14-27(4)5/h8-13,16,23,29H,6-7,14-15H2,1-5H3/t23-/m0/s1. The molecule has 7 nitrogen and oxygen atoms in total. The van der Waals surface area contributed by atoms with E-state index in [9.17, 15) is 14.7 Å². The average molecular weight is 453 g/mol. The molecular formula is C26H32N2O5. The summed E-state index contributed by atoms with van der Waals surface area (Å²) < 4.78 is 11.4. The van der Waals surface area contributed by atoms with E-state index in [1.165, 1.54) is 4.90 Å². The molecule has 1 fully saturated rings. The fourth-order valence-corrected chi connectivity index (χ4v) is 3.87. The first-order valence-electron chi connectivity index (χ1n) is 11.2. The zero-order valence-corrected chi connectivity index (χ0v) is 19.9. The van der Waals surface area contributed by atoms with Gasteiger partial charge in [-0.3, -0.25) is 9.59 Å². The molecule has 1 atom stereocenters. The molecule has 1 amide bonds. The van der Waals surface area contributed by atoms with Crippen LogP contribution in [0.1, 0.15) is 36.6 Å². The van der Waals surface area contributed by atoms with E-state index in [4.69, 9.17) is 9.47 Å². The summed E-state index contributed by atoms with van der Waals surface area (Å²) in [4.78, 5) is 29.6. The minimum absolute atomic E-state index is 0.0780. The molecule has 0 radical (unpaired) electrons. The summed E-state index contributed by atoms with van der Waals surface area (Å²) in [6.45, 7) is 7.54. The number of amides is 1. The molecule has 176 valence electrons. The van der Waals surface area contributed by atoms with Gasteiger partial charge in [0, 0.05) is 18.7 Å².